The van der Waals surface area contributed by atoms with Gasteiger partial charge in [-0.1, -0.05) is 23.9 Å². The first-order valence-electron chi connectivity index (χ1n) is 7.43. The van der Waals surface area contributed by atoms with E-state index in [-0.39, 0.29) is 29.4 Å². The Bertz CT molecular complexity index is 744. The van der Waals surface area contributed by atoms with Crippen LogP contribution in [0.25, 0.3) is 0 Å². The molecule has 3 rings (SSSR count). The molecule has 24 heavy (non-hydrogen) atoms. The summed E-state index contributed by atoms with van der Waals surface area (Å²) in [6.07, 6.45) is 5.20. The summed E-state index contributed by atoms with van der Waals surface area (Å²) < 4.78 is 1.87. The second kappa shape index (κ2) is 7.31. The van der Waals surface area contributed by atoms with Crippen molar-refractivity contribution in [1.82, 2.24) is 19.8 Å². The van der Waals surface area contributed by atoms with Gasteiger partial charge in [-0.25, -0.2) is 4.98 Å². The van der Waals surface area contributed by atoms with Gasteiger partial charge in [0.05, 0.1) is 18.6 Å². The molecule has 3 amide bonds. The minimum absolute atomic E-state index is 0.188. The van der Waals surface area contributed by atoms with E-state index in [0.29, 0.717) is 18.7 Å². The first-order valence-corrected chi connectivity index (χ1v) is 8.42. The highest BCUT2D eigenvalue weighted by Gasteiger charge is 2.29. The van der Waals surface area contributed by atoms with Crippen LogP contribution in [-0.2, 0) is 17.9 Å². The first kappa shape index (κ1) is 16.3. The zero-order chi connectivity index (χ0) is 16.9. The Balaban J connectivity index is 1.58. The lowest BCUT2D eigenvalue weighted by molar-refractivity contribution is -0.125. The van der Waals surface area contributed by atoms with Crippen LogP contribution >= 0.6 is 11.8 Å². The number of aromatic nitrogens is 2. The molecule has 0 atom stereocenters. The van der Waals surface area contributed by atoms with Gasteiger partial charge in [0.1, 0.15) is 0 Å². The van der Waals surface area contributed by atoms with Gasteiger partial charge in [-0.2, -0.15) is 0 Å². The van der Waals surface area contributed by atoms with Gasteiger partial charge in [-0.05, 0) is 17.7 Å². The number of carbonyl (C=O) groups excluding carboxylic acids is 3. The van der Waals surface area contributed by atoms with E-state index in [9.17, 15) is 14.4 Å². The second-order valence-electron chi connectivity index (χ2n) is 5.29. The molecule has 0 unspecified atom stereocenters. The zero-order valence-electron chi connectivity index (χ0n) is 12.8. The van der Waals surface area contributed by atoms with E-state index >= 15 is 0 Å². The summed E-state index contributed by atoms with van der Waals surface area (Å²) in [6, 6.07) is 6.96. The molecule has 1 aromatic carbocycles. The fraction of sp³-hybridized carbons (Fsp3) is 0.250. The maximum atomic E-state index is 12.2. The zero-order valence-corrected chi connectivity index (χ0v) is 13.7. The van der Waals surface area contributed by atoms with Crippen LogP contribution in [0.3, 0.4) is 0 Å². The molecule has 2 aromatic rings. The Morgan fingerprint density at radius 1 is 1.33 bits per heavy atom. The molecule has 1 N–H and O–H groups in total. The number of rotatable bonds is 6. The molecule has 0 saturated carbocycles. The number of imidazole rings is 1. The third kappa shape index (κ3) is 3.83. The van der Waals surface area contributed by atoms with Crippen molar-refractivity contribution in [2.24, 2.45) is 0 Å². The fourth-order valence-corrected chi connectivity index (χ4v) is 3.07. The molecule has 0 bridgehead atoms. The number of nitrogens with one attached hydrogen (secondary N) is 1. The van der Waals surface area contributed by atoms with Gasteiger partial charge in [0.2, 0.25) is 5.91 Å². The molecule has 1 fully saturated rings. The Labute approximate surface area is 143 Å². The van der Waals surface area contributed by atoms with Crippen molar-refractivity contribution < 1.29 is 14.4 Å². The predicted molar refractivity (Wildman–Crippen MR) is 89.4 cm³/mol. The van der Waals surface area contributed by atoms with Crippen molar-refractivity contribution in [3.63, 3.8) is 0 Å². The highest BCUT2D eigenvalue weighted by molar-refractivity contribution is 8.14. The van der Waals surface area contributed by atoms with Crippen LogP contribution in [0.4, 0.5) is 4.79 Å². The molecule has 2 heterocycles. The van der Waals surface area contributed by atoms with Crippen LogP contribution in [0.5, 0.6) is 0 Å². The largest absolute Gasteiger partial charge is 0.350 e. The summed E-state index contributed by atoms with van der Waals surface area (Å²) in [7, 11) is 0. The Kier molecular flexibility index (Phi) is 4.95. The van der Waals surface area contributed by atoms with Gasteiger partial charge in [0, 0.05) is 31.0 Å². The van der Waals surface area contributed by atoms with Crippen molar-refractivity contribution in [3.8, 4) is 0 Å². The van der Waals surface area contributed by atoms with Crippen LogP contribution < -0.4 is 5.32 Å². The first-order chi connectivity index (χ1) is 11.6. The molecule has 0 radical (unpaired) electrons. The minimum atomic E-state index is -0.241. The van der Waals surface area contributed by atoms with Crippen molar-refractivity contribution in [2.45, 2.75) is 13.1 Å². The van der Waals surface area contributed by atoms with Gasteiger partial charge in [-0.3, -0.25) is 19.3 Å². The summed E-state index contributed by atoms with van der Waals surface area (Å²) in [5, 5.41) is 2.60. The van der Waals surface area contributed by atoms with Crippen LogP contribution in [0.2, 0.25) is 0 Å². The number of hydrogen-bond acceptors (Lipinski definition) is 5. The number of thioether (sulfide) groups is 1. The lowest BCUT2D eigenvalue weighted by Gasteiger charge is -2.13. The lowest BCUT2D eigenvalue weighted by atomic mass is 10.1. The number of benzene rings is 1. The van der Waals surface area contributed by atoms with E-state index in [2.05, 4.69) is 10.3 Å². The van der Waals surface area contributed by atoms with Crippen LogP contribution in [0.15, 0.2) is 43.0 Å². The van der Waals surface area contributed by atoms with Crippen molar-refractivity contribution in [3.05, 3.63) is 54.1 Å². The smallest absolute Gasteiger partial charge is 0.289 e. The third-order valence-electron chi connectivity index (χ3n) is 3.59. The predicted octanol–water partition coefficient (Wildman–Crippen LogP) is 1.51. The van der Waals surface area contributed by atoms with Crippen molar-refractivity contribution in [2.75, 3.05) is 12.3 Å². The average molecular weight is 344 g/mol. The van der Waals surface area contributed by atoms with E-state index < -0.39 is 0 Å². The Hall–Kier alpha value is -2.61. The second-order valence-corrected chi connectivity index (χ2v) is 6.22. The van der Waals surface area contributed by atoms with Gasteiger partial charge in [0.15, 0.2) is 0 Å². The Morgan fingerprint density at radius 3 is 2.92 bits per heavy atom. The summed E-state index contributed by atoms with van der Waals surface area (Å²) in [4.78, 5) is 40.7. The quantitative estimate of drug-likeness (QED) is 0.859. The molecule has 124 valence electrons. The normalized spacial score (nSPS) is 14.2. The third-order valence-corrected chi connectivity index (χ3v) is 4.44. The van der Waals surface area contributed by atoms with Crippen LogP contribution in [0.1, 0.15) is 15.9 Å². The van der Waals surface area contributed by atoms with Gasteiger partial charge in [-0.15, -0.1) is 0 Å². The standard InChI is InChI=1S/C16H16N4O3S/c21-14-10-24-16(23)20(14)9-12-2-1-3-13(8-12)15(22)18-5-7-19-6-4-17-11-19/h1-4,6,8,11H,5,7,9-10H2,(H,18,22). The molecule has 7 nitrogen and oxygen atoms in total. The molecule has 8 heteroatoms. The summed E-state index contributed by atoms with van der Waals surface area (Å²) in [6.45, 7) is 1.32. The van der Waals surface area contributed by atoms with Gasteiger partial charge in [0.25, 0.3) is 11.1 Å². The molecule has 1 aliphatic heterocycles. The number of hydrogen-bond donors (Lipinski definition) is 1. The molecular formula is C16H16N4O3S. The van der Waals surface area contributed by atoms with E-state index in [4.69, 9.17) is 0 Å². The highest BCUT2D eigenvalue weighted by Crippen LogP contribution is 2.21. The summed E-state index contributed by atoms with van der Waals surface area (Å²) in [5.74, 6) is -0.196. The van der Waals surface area contributed by atoms with Crippen LogP contribution in [-0.4, -0.2) is 43.8 Å². The number of imide groups is 1. The molecule has 1 aromatic heterocycles. The maximum Gasteiger partial charge on any atom is 0.289 e. The topological polar surface area (TPSA) is 84.3 Å². The lowest BCUT2D eigenvalue weighted by Crippen LogP contribution is -2.29. The monoisotopic (exact) mass is 344 g/mol. The summed E-state index contributed by atoms with van der Waals surface area (Å²) >= 11 is 1.00. The number of amides is 3. The minimum Gasteiger partial charge on any atom is -0.350 e. The van der Waals surface area contributed by atoms with E-state index in [0.717, 1.165) is 17.3 Å². The van der Waals surface area contributed by atoms with Crippen LogP contribution in [0, 0.1) is 0 Å². The average Bonchev–Trinajstić information content (AvgIpc) is 3.20. The van der Waals surface area contributed by atoms with Crippen molar-refractivity contribution >= 4 is 28.8 Å². The molecule has 0 spiro atoms. The molecule has 1 saturated heterocycles. The SMILES string of the molecule is O=C(NCCn1ccnc1)c1cccc(CN2C(=O)CSC2=O)c1. The fourth-order valence-electron chi connectivity index (χ4n) is 2.35. The molecule has 0 aliphatic carbocycles. The van der Waals surface area contributed by atoms with E-state index in [1.807, 2.05) is 10.8 Å². The van der Waals surface area contributed by atoms with E-state index in [1.54, 1.807) is 36.8 Å². The molecule has 1 aliphatic rings. The van der Waals surface area contributed by atoms with E-state index in [1.165, 1.54) is 4.90 Å². The van der Waals surface area contributed by atoms with Crippen molar-refractivity contribution in [1.29, 1.82) is 0 Å². The van der Waals surface area contributed by atoms with Gasteiger partial charge < -0.3 is 9.88 Å². The summed E-state index contributed by atoms with van der Waals surface area (Å²) in [5.41, 5.74) is 1.26. The highest BCUT2D eigenvalue weighted by atomic mass is 32.2. The Morgan fingerprint density at radius 2 is 2.21 bits per heavy atom. The van der Waals surface area contributed by atoms with Gasteiger partial charge >= 0.3 is 0 Å². The number of carbonyl (C=O) groups is 3. The maximum absolute atomic E-state index is 12.2. The number of nitrogens with zero attached hydrogens (tertiary/aromatic N) is 3. The molecular weight excluding hydrogens is 328 g/mol.